The molecule has 2 amide bonds. The lowest BCUT2D eigenvalue weighted by Gasteiger charge is -2.42. The molecule has 1 aliphatic carbocycles. The Labute approximate surface area is 174 Å². The predicted molar refractivity (Wildman–Crippen MR) is 114 cm³/mol. The molecule has 2 aromatic rings. The van der Waals surface area contributed by atoms with Crippen molar-refractivity contribution in [2.24, 2.45) is 5.92 Å². The Morgan fingerprint density at radius 1 is 1.39 bits per heavy atom. The average molecular weight is 420 g/mol. The zero-order valence-corrected chi connectivity index (χ0v) is 18.0. The number of hydrogen-bond acceptors (Lipinski definition) is 3. The minimum absolute atomic E-state index is 0.00916. The molecule has 1 aliphatic heterocycles. The molecule has 4 rings (SSSR count). The molecular formula is C21H26ClN3O2S. The van der Waals surface area contributed by atoms with Crippen LogP contribution in [0.2, 0.25) is 5.02 Å². The first kappa shape index (κ1) is 19.6. The number of hydrazine groups is 1. The molecule has 1 unspecified atom stereocenters. The number of aromatic amines is 1. The van der Waals surface area contributed by atoms with Gasteiger partial charge in [-0.1, -0.05) is 24.9 Å². The first-order valence-corrected chi connectivity index (χ1v) is 11.2. The Bertz CT molecular complexity index is 933. The van der Waals surface area contributed by atoms with Crippen molar-refractivity contribution in [1.29, 1.82) is 0 Å². The second-order valence-electron chi connectivity index (χ2n) is 7.99. The van der Waals surface area contributed by atoms with Gasteiger partial charge in [-0.15, -0.1) is 11.8 Å². The molecule has 1 aromatic heterocycles. The second-order valence-corrected chi connectivity index (χ2v) is 10.1. The number of H-pyrrole nitrogens is 1. The van der Waals surface area contributed by atoms with Gasteiger partial charge in [-0.2, -0.15) is 0 Å². The molecule has 0 bridgehead atoms. The molecular weight excluding hydrogens is 394 g/mol. The molecule has 2 N–H and O–H groups in total. The third-order valence-electron chi connectivity index (χ3n) is 6.30. The van der Waals surface area contributed by atoms with Gasteiger partial charge in [0.25, 0.3) is 11.8 Å². The fraction of sp³-hybridized carbons (Fsp3) is 0.524. The van der Waals surface area contributed by atoms with Crippen LogP contribution in [0.25, 0.3) is 10.9 Å². The van der Waals surface area contributed by atoms with Gasteiger partial charge in [-0.05, 0) is 69.2 Å². The van der Waals surface area contributed by atoms with E-state index in [1.165, 1.54) is 6.42 Å². The molecule has 2 fully saturated rings. The summed E-state index contributed by atoms with van der Waals surface area (Å²) in [5, 5.41) is 3.05. The number of nitrogens with one attached hydrogen (secondary N) is 2. The summed E-state index contributed by atoms with van der Waals surface area (Å²) in [5.74, 6) is 0.436. The number of halogens is 1. The zero-order valence-electron chi connectivity index (χ0n) is 16.5. The van der Waals surface area contributed by atoms with Gasteiger partial charge in [0, 0.05) is 15.9 Å². The van der Waals surface area contributed by atoms with Crippen molar-refractivity contribution in [2.75, 3.05) is 0 Å². The second kappa shape index (κ2) is 7.30. The Morgan fingerprint density at radius 2 is 2.11 bits per heavy atom. The van der Waals surface area contributed by atoms with Gasteiger partial charge in [-0.3, -0.25) is 15.0 Å². The van der Waals surface area contributed by atoms with Gasteiger partial charge >= 0.3 is 0 Å². The molecule has 7 heteroatoms. The van der Waals surface area contributed by atoms with E-state index in [2.05, 4.69) is 17.3 Å². The number of aromatic nitrogens is 1. The summed E-state index contributed by atoms with van der Waals surface area (Å²) in [6.45, 7) is 6.06. The van der Waals surface area contributed by atoms with Crippen molar-refractivity contribution in [2.45, 2.75) is 63.0 Å². The fourth-order valence-electron chi connectivity index (χ4n) is 4.53. The minimum Gasteiger partial charge on any atom is -0.350 e. The molecule has 5 nitrogen and oxygen atoms in total. The van der Waals surface area contributed by atoms with Crippen molar-refractivity contribution < 1.29 is 9.59 Å². The van der Waals surface area contributed by atoms with E-state index in [4.69, 9.17) is 11.6 Å². The van der Waals surface area contributed by atoms with Crippen LogP contribution in [0.5, 0.6) is 0 Å². The summed E-state index contributed by atoms with van der Waals surface area (Å²) < 4.78 is 0. The molecule has 2 aliphatic rings. The minimum atomic E-state index is -0.318. The first-order valence-electron chi connectivity index (χ1n) is 9.95. The number of hydrogen-bond donors (Lipinski definition) is 2. The highest BCUT2D eigenvalue weighted by Crippen LogP contribution is 2.50. The lowest BCUT2D eigenvalue weighted by atomic mass is 9.84. The molecule has 150 valence electrons. The van der Waals surface area contributed by atoms with Gasteiger partial charge in [0.05, 0.1) is 5.25 Å². The van der Waals surface area contributed by atoms with Gasteiger partial charge in [-0.25, -0.2) is 5.01 Å². The van der Waals surface area contributed by atoms with E-state index in [9.17, 15) is 9.59 Å². The molecule has 1 saturated carbocycles. The smallest absolute Gasteiger partial charge is 0.286 e. The van der Waals surface area contributed by atoms with Crippen molar-refractivity contribution >= 4 is 46.1 Å². The van der Waals surface area contributed by atoms with Crippen LogP contribution in [-0.2, 0) is 4.79 Å². The van der Waals surface area contributed by atoms with Crippen LogP contribution in [0.4, 0.5) is 0 Å². The topological polar surface area (TPSA) is 65.2 Å². The number of aryl methyl sites for hydroxylation is 1. The van der Waals surface area contributed by atoms with Crippen molar-refractivity contribution in [1.82, 2.24) is 15.4 Å². The summed E-state index contributed by atoms with van der Waals surface area (Å²) >= 11 is 7.80. The summed E-state index contributed by atoms with van der Waals surface area (Å²) in [7, 11) is 0. The summed E-state index contributed by atoms with van der Waals surface area (Å²) in [6.07, 6.45) is 5.22. The van der Waals surface area contributed by atoms with E-state index in [1.54, 1.807) is 22.8 Å². The molecule has 1 atom stereocenters. The highest BCUT2D eigenvalue weighted by atomic mass is 35.5. The molecule has 28 heavy (non-hydrogen) atoms. The average Bonchev–Trinajstić information content (AvgIpc) is 3.12. The lowest BCUT2D eigenvalue weighted by molar-refractivity contribution is -0.135. The first-order chi connectivity index (χ1) is 13.3. The van der Waals surface area contributed by atoms with Crippen LogP contribution in [-0.4, -0.2) is 31.9 Å². The maximum Gasteiger partial charge on any atom is 0.286 e. The van der Waals surface area contributed by atoms with E-state index in [0.29, 0.717) is 10.7 Å². The third kappa shape index (κ3) is 3.20. The van der Waals surface area contributed by atoms with Crippen LogP contribution >= 0.6 is 23.4 Å². The van der Waals surface area contributed by atoms with Crippen LogP contribution in [0.15, 0.2) is 18.2 Å². The van der Waals surface area contributed by atoms with Gasteiger partial charge in [0.1, 0.15) is 10.6 Å². The van der Waals surface area contributed by atoms with Gasteiger partial charge in [0.15, 0.2) is 0 Å². The predicted octanol–water partition coefficient (Wildman–Crippen LogP) is 5.03. The van der Waals surface area contributed by atoms with E-state index < -0.39 is 0 Å². The Morgan fingerprint density at radius 3 is 2.79 bits per heavy atom. The van der Waals surface area contributed by atoms with E-state index >= 15 is 0 Å². The third-order valence-corrected chi connectivity index (χ3v) is 8.12. The number of rotatable bonds is 3. The number of carbonyl (C=O) groups is 2. The molecule has 1 aromatic carbocycles. The number of nitrogens with zero attached hydrogens (tertiary/aromatic N) is 1. The number of fused-ring (bicyclic) bond motifs is 1. The summed E-state index contributed by atoms with van der Waals surface area (Å²) in [5.41, 5.74) is 5.12. The number of carbonyl (C=O) groups excluding carboxylic acids is 2. The number of benzene rings is 1. The zero-order chi connectivity index (χ0) is 20.1. The summed E-state index contributed by atoms with van der Waals surface area (Å²) in [6, 6.07) is 5.52. The number of thioether (sulfide) groups is 1. The maximum absolute atomic E-state index is 13.1. The molecule has 1 spiro atoms. The van der Waals surface area contributed by atoms with E-state index in [1.807, 2.05) is 26.0 Å². The Kier molecular flexibility index (Phi) is 5.12. The normalized spacial score (nSPS) is 27.7. The van der Waals surface area contributed by atoms with E-state index in [0.717, 1.165) is 48.1 Å². The Balaban J connectivity index is 1.61. The Hall–Kier alpha value is -1.66. The van der Waals surface area contributed by atoms with Crippen LogP contribution < -0.4 is 5.43 Å². The highest BCUT2D eigenvalue weighted by Gasteiger charge is 2.52. The SMILES string of the molecule is CCC1CCC2(CC1)SC(C)C(=O)N2NC(=O)c1[nH]c2ccc(Cl)cc2c1C. The quantitative estimate of drug-likeness (QED) is 0.732. The van der Waals surface area contributed by atoms with E-state index in [-0.39, 0.29) is 21.9 Å². The largest absolute Gasteiger partial charge is 0.350 e. The van der Waals surface area contributed by atoms with Crippen molar-refractivity contribution in [3.05, 3.63) is 34.5 Å². The fourth-order valence-corrected chi connectivity index (χ4v) is 6.28. The van der Waals surface area contributed by atoms with Gasteiger partial charge < -0.3 is 4.98 Å². The van der Waals surface area contributed by atoms with Crippen LogP contribution in [0.3, 0.4) is 0 Å². The monoisotopic (exact) mass is 419 g/mol. The maximum atomic E-state index is 13.1. The number of amides is 2. The van der Waals surface area contributed by atoms with Crippen LogP contribution in [0, 0.1) is 12.8 Å². The summed E-state index contributed by atoms with van der Waals surface area (Å²) in [4.78, 5) is 28.8. The molecule has 0 radical (unpaired) electrons. The van der Waals surface area contributed by atoms with Gasteiger partial charge in [0.2, 0.25) is 0 Å². The molecule has 1 saturated heterocycles. The van der Waals surface area contributed by atoms with Crippen molar-refractivity contribution in [3.63, 3.8) is 0 Å². The van der Waals surface area contributed by atoms with Crippen LogP contribution in [0.1, 0.15) is 62.0 Å². The molecule has 2 heterocycles. The van der Waals surface area contributed by atoms with Crippen molar-refractivity contribution in [3.8, 4) is 0 Å². The standard InChI is InChI=1S/C21H26ClN3O2S/c1-4-14-7-9-21(10-8-14)25(20(27)13(3)28-21)24-19(26)18-12(2)16-11-15(22)5-6-17(16)23-18/h5-6,11,13-14,23H,4,7-10H2,1-3H3,(H,24,26). The highest BCUT2D eigenvalue weighted by molar-refractivity contribution is 8.02. The lowest BCUT2D eigenvalue weighted by Crippen LogP contribution is -2.56.